The molecule has 5 nitrogen and oxygen atoms in total. The van der Waals surface area contributed by atoms with Crippen molar-refractivity contribution in [3.63, 3.8) is 0 Å². The third-order valence-electron chi connectivity index (χ3n) is 1.95. The van der Waals surface area contributed by atoms with E-state index in [2.05, 4.69) is 11.3 Å². The molecule has 0 aromatic rings. The van der Waals surface area contributed by atoms with Crippen molar-refractivity contribution < 1.29 is 19.4 Å². The SMILES string of the molecule is C=C1C[C@H](C(=O)O)N(C(=O)OC)C1. The first-order chi connectivity index (χ1) is 6.06. The van der Waals surface area contributed by atoms with E-state index in [4.69, 9.17) is 5.11 Å². The maximum atomic E-state index is 11.1. The van der Waals surface area contributed by atoms with E-state index in [1.165, 1.54) is 7.11 Å². The number of rotatable bonds is 1. The molecule has 0 unspecified atom stereocenters. The number of likely N-dealkylation sites (tertiary alicyclic amines) is 1. The van der Waals surface area contributed by atoms with E-state index >= 15 is 0 Å². The number of carboxylic acids is 1. The highest BCUT2D eigenvalue weighted by Crippen LogP contribution is 2.21. The number of carbonyl (C=O) groups excluding carboxylic acids is 1. The van der Waals surface area contributed by atoms with Gasteiger partial charge in [-0.1, -0.05) is 12.2 Å². The van der Waals surface area contributed by atoms with E-state index in [1.54, 1.807) is 0 Å². The van der Waals surface area contributed by atoms with Crippen LogP contribution in [0.25, 0.3) is 0 Å². The highest BCUT2D eigenvalue weighted by atomic mass is 16.5. The predicted octanol–water partition coefficient (Wildman–Crippen LogP) is 0.468. The molecule has 72 valence electrons. The fourth-order valence-electron chi connectivity index (χ4n) is 1.33. The minimum absolute atomic E-state index is 0.268. The summed E-state index contributed by atoms with van der Waals surface area (Å²) in [5, 5.41) is 8.76. The van der Waals surface area contributed by atoms with Gasteiger partial charge >= 0.3 is 12.1 Å². The summed E-state index contributed by atoms with van der Waals surface area (Å²) < 4.78 is 4.45. The molecule has 1 rings (SSSR count). The first kappa shape index (κ1) is 9.57. The Labute approximate surface area is 75.6 Å². The van der Waals surface area contributed by atoms with Crippen LogP contribution < -0.4 is 0 Å². The summed E-state index contributed by atoms with van der Waals surface area (Å²) in [5.74, 6) is -1.02. The number of carboxylic acid groups (broad SMARTS) is 1. The lowest BCUT2D eigenvalue weighted by atomic mass is 10.2. The molecule has 0 spiro atoms. The van der Waals surface area contributed by atoms with Crippen LogP contribution in [0.3, 0.4) is 0 Å². The molecule has 0 aliphatic carbocycles. The van der Waals surface area contributed by atoms with Crippen LogP contribution in [0.1, 0.15) is 6.42 Å². The van der Waals surface area contributed by atoms with Gasteiger partial charge in [-0.3, -0.25) is 4.90 Å². The summed E-state index contributed by atoms with van der Waals surface area (Å²) in [7, 11) is 1.22. The van der Waals surface area contributed by atoms with Gasteiger partial charge in [0.2, 0.25) is 0 Å². The van der Waals surface area contributed by atoms with Crippen LogP contribution in [0.2, 0.25) is 0 Å². The zero-order chi connectivity index (χ0) is 10.0. The Morgan fingerprint density at radius 3 is 2.77 bits per heavy atom. The number of ether oxygens (including phenoxy) is 1. The molecule has 1 fully saturated rings. The third-order valence-corrected chi connectivity index (χ3v) is 1.95. The summed E-state index contributed by atoms with van der Waals surface area (Å²) >= 11 is 0. The van der Waals surface area contributed by atoms with Gasteiger partial charge in [0.15, 0.2) is 0 Å². The first-order valence-electron chi connectivity index (χ1n) is 3.80. The maximum absolute atomic E-state index is 11.1. The van der Waals surface area contributed by atoms with Gasteiger partial charge in [-0.15, -0.1) is 0 Å². The molecular weight excluding hydrogens is 174 g/mol. The lowest BCUT2D eigenvalue weighted by molar-refractivity contribution is -0.141. The molecule has 0 saturated carbocycles. The molecule has 1 aliphatic rings. The second kappa shape index (κ2) is 3.47. The van der Waals surface area contributed by atoms with Gasteiger partial charge in [-0.05, 0) is 0 Å². The maximum Gasteiger partial charge on any atom is 0.410 e. The number of amides is 1. The molecule has 1 atom stereocenters. The number of hydrogen-bond donors (Lipinski definition) is 1. The standard InChI is InChI=1S/C8H11NO4/c1-5-3-6(7(10)11)9(4-5)8(12)13-2/h6H,1,3-4H2,2H3,(H,10,11)/t6-/m1/s1. The minimum atomic E-state index is -1.02. The van der Waals surface area contributed by atoms with Crippen molar-refractivity contribution in [3.05, 3.63) is 12.2 Å². The van der Waals surface area contributed by atoms with Gasteiger partial charge in [0.1, 0.15) is 6.04 Å². The average Bonchev–Trinajstić information content (AvgIpc) is 2.46. The number of aliphatic carboxylic acids is 1. The van der Waals surface area contributed by atoms with Crippen LogP contribution in [0.4, 0.5) is 4.79 Å². The van der Waals surface area contributed by atoms with E-state index in [0.717, 1.165) is 10.5 Å². The molecule has 1 saturated heterocycles. The zero-order valence-corrected chi connectivity index (χ0v) is 7.32. The lowest BCUT2D eigenvalue weighted by Gasteiger charge is -2.18. The molecular formula is C8H11NO4. The Hall–Kier alpha value is -1.52. The quantitative estimate of drug-likeness (QED) is 0.603. The number of nitrogens with zero attached hydrogens (tertiary/aromatic N) is 1. The third kappa shape index (κ3) is 1.80. The molecule has 13 heavy (non-hydrogen) atoms. The molecule has 1 amide bonds. The Kier molecular flexibility index (Phi) is 2.55. The summed E-state index contributed by atoms with van der Waals surface area (Å²) in [6.07, 6.45) is -0.309. The summed E-state index contributed by atoms with van der Waals surface area (Å²) in [6, 6.07) is -0.819. The molecule has 0 bridgehead atoms. The second-order valence-corrected chi connectivity index (χ2v) is 2.91. The Morgan fingerprint density at radius 2 is 2.31 bits per heavy atom. The Morgan fingerprint density at radius 1 is 1.69 bits per heavy atom. The molecule has 1 aliphatic heterocycles. The van der Waals surface area contributed by atoms with E-state index in [9.17, 15) is 9.59 Å². The minimum Gasteiger partial charge on any atom is -0.480 e. The van der Waals surface area contributed by atoms with Crippen molar-refractivity contribution in [1.29, 1.82) is 0 Å². The van der Waals surface area contributed by atoms with Crippen LogP contribution in [0.5, 0.6) is 0 Å². The second-order valence-electron chi connectivity index (χ2n) is 2.91. The molecule has 0 aromatic carbocycles. The van der Waals surface area contributed by atoms with Crippen LogP contribution in [0.15, 0.2) is 12.2 Å². The van der Waals surface area contributed by atoms with Gasteiger partial charge < -0.3 is 9.84 Å². The fraction of sp³-hybridized carbons (Fsp3) is 0.500. The number of carbonyl (C=O) groups is 2. The van der Waals surface area contributed by atoms with Crippen molar-refractivity contribution >= 4 is 12.1 Å². The normalized spacial score (nSPS) is 21.8. The number of hydrogen-bond acceptors (Lipinski definition) is 3. The van der Waals surface area contributed by atoms with E-state index in [1.807, 2.05) is 0 Å². The van der Waals surface area contributed by atoms with Crippen LogP contribution in [0, 0.1) is 0 Å². The van der Waals surface area contributed by atoms with Crippen molar-refractivity contribution in [2.75, 3.05) is 13.7 Å². The van der Waals surface area contributed by atoms with Crippen molar-refractivity contribution in [1.82, 2.24) is 4.90 Å². The van der Waals surface area contributed by atoms with Crippen molar-refractivity contribution in [3.8, 4) is 0 Å². The van der Waals surface area contributed by atoms with E-state index < -0.39 is 18.1 Å². The number of methoxy groups -OCH3 is 1. The Balaban J connectivity index is 2.77. The topological polar surface area (TPSA) is 66.8 Å². The van der Waals surface area contributed by atoms with Crippen LogP contribution in [-0.4, -0.2) is 41.8 Å². The zero-order valence-electron chi connectivity index (χ0n) is 7.32. The molecule has 1 N–H and O–H groups in total. The average molecular weight is 185 g/mol. The highest BCUT2D eigenvalue weighted by Gasteiger charge is 2.36. The van der Waals surface area contributed by atoms with Crippen molar-refractivity contribution in [2.24, 2.45) is 0 Å². The van der Waals surface area contributed by atoms with Gasteiger partial charge in [-0.2, -0.15) is 0 Å². The highest BCUT2D eigenvalue weighted by molar-refractivity contribution is 5.81. The molecule has 1 heterocycles. The van der Waals surface area contributed by atoms with E-state index in [0.29, 0.717) is 6.42 Å². The van der Waals surface area contributed by atoms with E-state index in [-0.39, 0.29) is 6.54 Å². The molecule has 0 aromatic heterocycles. The Bertz CT molecular complexity index is 261. The van der Waals surface area contributed by atoms with Crippen LogP contribution in [-0.2, 0) is 9.53 Å². The van der Waals surface area contributed by atoms with Gasteiger partial charge in [0.05, 0.1) is 7.11 Å². The monoisotopic (exact) mass is 185 g/mol. The van der Waals surface area contributed by atoms with Crippen molar-refractivity contribution in [2.45, 2.75) is 12.5 Å². The molecule has 5 heteroatoms. The smallest absolute Gasteiger partial charge is 0.410 e. The molecule has 0 radical (unpaired) electrons. The van der Waals surface area contributed by atoms with Gasteiger partial charge in [0, 0.05) is 13.0 Å². The first-order valence-corrected chi connectivity index (χ1v) is 3.80. The summed E-state index contributed by atoms with van der Waals surface area (Å²) in [5.41, 5.74) is 0.734. The predicted molar refractivity (Wildman–Crippen MR) is 44.3 cm³/mol. The summed E-state index contributed by atoms with van der Waals surface area (Å²) in [6.45, 7) is 3.91. The summed E-state index contributed by atoms with van der Waals surface area (Å²) in [4.78, 5) is 22.9. The van der Waals surface area contributed by atoms with Gasteiger partial charge in [0.25, 0.3) is 0 Å². The largest absolute Gasteiger partial charge is 0.480 e. The fourth-order valence-corrected chi connectivity index (χ4v) is 1.33. The van der Waals surface area contributed by atoms with Gasteiger partial charge in [-0.25, -0.2) is 9.59 Å². The lowest BCUT2D eigenvalue weighted by Crippen LogP contribution is -2.40. The van der Waals surface area contributed by atoms with Crippen LogP contribution >= 0.6 is 0 Å².